The summed E-state index contributed by atoms with van der Waals surface area (Å²) < 4.78 is 11.5. The van der Waals surface area contributed by atoms with Crippen LogP contribution in [0.3, 0.4) is 0 Å². The summed E-state index contributed by atoms with van der Waals surface area (Å²) >= 11 is 0. The van der Waals surface area contributed by atoms with Gasteiger partial charge in [-0.15, -0.1) is 0 Å². The monoisotopic (exact) mass is 230 g/mol. The first kappa shape index (κ1) is 14.6. The van der Waals surface area contributed by atoms with Gasteiger partial charge in [0, 0.05) is 28.3 Å². The lowest BCUT2D eigenvalue weighted by atomic mass is 9.90. The molecule has 15 heavy (non-hydrogen) atoms. The molecule has 0 amide bonds. The van der Waals surface area contributed by atoms with Crippen LogP contribution in [-0.4, -0.2) is 21.8 Å². The van der Waals surface area contributed by atoms with E-state index in [9.17, 15) is 4.21 Å². The Bertz CT molecular complexity index is 243. The zero-order valence-corrected chi connectivity index (χ0v) is 10.8. The van der Waals surface area contributed by atoms with Gasteiger partial charge in [-0.25, -0.2) is 0 Å². The van der Waals surface area contributed by atoms with Crippen LogP contribution >= 0.6 is 0 Å². The Morgan fingerprint density at radius 3 is 2.53 bits per heavy atom. The number of rotatable bonds is 7. The van der Waals surface area contributed by atoms with Crippen molar-refractivity contribution in [1.29, 1.82) is 5.26 Å². The van der Waals surface area contributed by atoms with E-state index in [0.717, 1.165) is 19.3 Å². The van der Waals surface area contributed by atoms with Crippen LogP contribution in [0, 0.1) is 16.7 Å². The maximum atomic E-state index is 11.5. The van der Waals surface area contributed by atoms with Crippen LogP contribution in [0.5, 0.6) is 0 Å². The second-order valence-electron chi connectivity index (χ2n) is 4.71. The highest BCUT2D eigenvalue weighted by atomic mass is 32.2. The number of hydrogen-bond donors (Lipinski definition) is 1. The van der Waals surface area contributed by atoms with Gasteiger partial charge in [-0.1, -0.05) is 0 Å². The van der Waals surface area contributed by atoms with E-state index in [1.807, 2.05) is 20.8 Å². The van der Waals surface area contributed by atoms with Crippen LogP contribution in [0.4, 0.5) is 0 Å². The van der Waals surface area contributed by atoms with E-state index in [-0.39, 0.29) is 11.5 Å². The molecule has 0 aliphatic rings. The van der Waals surface area contributed by atoms with Crippen LogP contribution in [0.25, 0.3) is 0 Å². The molecule has 0 saturated carbocycles. The minimum atomic E-state index is -0.767. The molecule has 2 N–H and O–H groups in total. The molecule has 0 aliphatic heterocycles. The minimum Gasteiger partial charge on any atom is -0.328 e. The van der Waals surface area contributed by atoms with Crippen molar-refractivity contribution < 1.29 is 4.21 Å². The Balaban J connectivity index is 3.61. The fourth-order valence-electron chi connectivity index (χ4n) is 1.15. The van der Waals surface area contributed by atoms with Crippen LogP contribution in [0.1, 0.15) is 40.0 Å². The number of nitrogens with two attached hydrogens (primary N) is 1. The van der Waals surface area contributed by atoms with Crippen LogP contribution < -0.4 is 5.73 Å². The zero-order chi connectivity index (χ0) is 11.9. The van der Waals surface area contributed by atoms with Gasteiger partial charge in [0.1, 0.15) is 0 Å². The Kier molecular flexibility index (Phi) is 6.78. The number of hydrogen-bond acceptors (Lipinski definition) is 3. The SMILES string of the molecule is CC(N)CCS(=O)CCCC(C)(C)C#N. The van der Waals surface area contributed by atoms with E-state index < -0.39 is 10.8 Å². The molecular weight excluding hydrogens is 208 g/mol. The first-order chi connectivity index (χ1) is 6.87. The fraction of sp³-hybridized carbons (Fsp3) is 0.909. The average molecular weight is 230 g/mol. The third kappa shape index (κ3) is 8.59. The molecular formula is C11H22N2OS. The van der Waals surface area contributed by atoms with Gasteiger partial charge in [0.25, 0.3) is 0 Å². The summed E-state index contributed by atoms with van der Waals surface area (Å²) in [5.74, 6) is 1.38. The molecule has 2 unspecified atom stereocenters. The van der Waals surface area contributed by atoms with Crippen molar-refractivity contribution in [3.63, 3.8) is 0 Å². The minimum absolute atomic E-state index is 0.129. The smallest absolute Gasteiger partial charge is 0.0683 e. The van der Waals surface area contributed by atoms with Gasteiger partial charge in [0.15, 0.2) is 0 Å². The van der Waals surface area contributed by atoms with Crippen molar-refractivity contribution in [2.45, 2.75) is 46.1 Å². The summed E-state index contributed by atoms with van der Waals surface area (Å²) in [6.45, 7) is 5.76. The van der Waals surface area contributed by atoms with E-state index >= 15 is 0 Å². The van der Waals surface area contributed by atoms with Crippen molar-refractivity contribution in [3.05, 3.63) is 0 Å². The van der Waals surface area contributed by atoms with E-state index in [1.54, 1.807) is 0 Å². The van der Waals surface area contributed by atoms with Gasteiger partial charge in [0.2, 0.25) is 0 Å². The topological polar surface area (TPSA) is 66.9 Å². The summed E-state index contributed by atoms with van der Waals surface area (Å²) in [6, 6.07) is 2.38. The van der Waals surface area contributed by atoms with Crippen molar-refractivity contribution in [2.24, 2.45) is 11.1 Å². The van der Waals surface area contributed by atoms with E-state index in [2.05, 4.69) is 6.07 Å². The zero-order valence-electron chi connectivity index (χ0n) is 9.95. The highest BCUT2D eigenvalue weighted by molar-refractivity contribution is 7.84. The lowest BCUT2D eigenvalue weighted by molar-refractivity contribution is 0.447. The van der Waals surface area contributed by atoms with Crippen molar-refractivity contribution in [3.8, 4) is 6.07 Å². The normalized spacial score (nSPS) is 15.7. The Labute approximate surface area is 95.5 Å². The van der Waals surface area contributed by atoms with Gasteiger partial charge in [0.05, 0.1) is 11.5 Å². The summed E-state index contributed by atoms with van der Waals surface area (Å²) in [4.78, 5) is 0. The third-order valence-corrected chi connectivity index (χ3v) is 3.71. The van der Waals surface area contributed by atoms with Gasteiger partial charge >= 0.3 is 0 Å². The second kappa shape index (κ2) is 6.97. The largest absolute Gasteiger partial charge is 0.328 e. The Morgan fingerprint density at radius 1 is 1.47 bits per heavy atom. The molecule has 0 bridgehead atoms. The number of nitrogens with zero attached hydrogens (tertiary/aromatic N) is 1. The van der Waals surface area contributed by atoms with Crippen LogP contribution in [0.15, 0.2) is 0 Å². The molecule has 3 nitrogen and oxygen atoms in total. The molecule has 0 fully saturated rings. The molecule has 4 heteroatoms. The lowest BCUT2D eigenvalue weighted by Gasteiger charge is -2.14. The van der Waals surface area contributed by atoms with Gasteiger partial charge in [-0.2, -0.15) is 5.26 Å². The fourth-order valence-corrected chi connectivity index (χ4v) is 2.46. The maximum absolute atomic E-state index is 11.5. The first-order valence-corrected chi connectivity index (χ1v) is 6.88. The van der Waals surface area contributed by atoms with Crippen LogP contribution in [0.2, 0.25) is 0 Å². The molecule has 0 saturated heterocycles. The predicted molar refractivity (Wildman–Crippen MR) is 64.8 cm³/mol. The van der Waals surface area contributed by atoms with Gasteiger partial charge in [-0.05, 0) is 40.0 Å². The van der Waals surface area contributed by atoms with E-state index in [1.165, 1.54) is 0 Å². The van der Waals surface area contributed by atoms with Gasteiger partial charge < -0.3 is 5.73 Å². The Morgan fingerprint density at radius 2 is 2.07 bits per heavy atom. The lowest BCUT2D eigenvalue weighted by Crippen LogP contribution is -2.19. The summed E-state index contributed by atoms with van der Waals surface area (Å²) in [5, 5.41) is 8.79. The highest BCUT2D eigenvalue weighted by Gasteiger charge is 2.16. The predicted octanol–water partition coefficient (Wildman–Crippen LogP) is 1.80. The molecule has 0 aromatic rings. The third-order valence-electron chi connectivity index (χ3n) is 2.28. The molecule has 0 aromatic heterocycles. The summed E-state index contributed by atoms with van der Waals surface area (Å²) in [7, 11) is -0.767. The number of nitriles is 1. The summed E-state index contributed by atoms with van der Waals surface area (Å²) in [5.41, 5.74) is 5.30. The highest BCUT2D eigenvalue weighted by Crippen LogP contribution is 2.20. The molecule has 2 atom stereocenters. The van der Waals surface area contributed by atoms with Gasteiger partial charge in [-0.3, -0.25) is 4.21 Å². The molecule has 0 heterocycles. The molecule has 0 radical (unpaired) electrons. The second-order valence-corrected chi connectivity index (χ2v) is 6.41. The standard InChI is InChI=1S/C11H22N2OS/c1-10(13)5-8-15(14)7-4-6-11(2,3)9-12/h10H,4-8,13H2,1-3H3. The van der Waals surface area contributed by atoms with Crippen LogP contribution in [-0.2, 0) is 10.8 Å². The molecule has 0 rings (SSSR count). The van der Waals surface area contributed by atoms with E-state index in [0.29, 0.717) is 11.5 Å². The molecule has 0 aliphatic carbocycles. The van der Waals surface area contributed by atoms with E-state index in [4.69, 9.17) is 11.0 Å². The molecule has 0 aromatic carbocycles. The summed E-state index contributed by atoms with van der Waals surface area (Å²) in [6.07, 6.45) is 2.48. The first-order valence-electron chi connectivity index (χ1n) is 5.39. The molecule has 88 valence electrons. The Hall–Kier alpha value is -0.400. The molecule has 0 spiro atoms. The van der Waals surface area contributed by atoms with Crippen molar-refractivity contribution in [2.75, 3.05) is 11.5 Å². The van der Waals surface area contributed by atoms with Crippen molar-refractivity contribution >= 4 is 10.8 Å². The quantitative estimate of drug-likeness (QED) is 0.725. The average Bonchev–Trinajstić information content (AvgIpc) is 2.14. The maximum Gasteiger partial charge on any atom is 0.0683 e. The van der Waals surface area contributed by atoms with Crippen molar-refractivity contribution in [1.82, 2.24) is 0 Å².